The van der Waals surface area contributed by atoms with Crippen LogP contribution >= 0.6 is 0 Å². The van der Waals surface area contributed by atoms with Gasteiger partial charge in [0.2, 0.25) is 0 Å². The van der Waals surface area contributed by atoms with E-state index in [4.69, 9.17) is 4.74 Å². The third kappa shape index (κ3) is 5.35. The van der Waals surface area contributed by atoms with E-state index in [0.29, 0.717) is 44.0 Å². The number of ether oxygens (including phenoxy) is 1. The molecule has 0 radical (unpaired) electrons. The Hall–Kier alpha value is -3.07. The minimum Gasteiger partial charge on any atom is -0.463 e. The van der Waals surface area contributed by atoms with Crippen molar-refractivity contribution in [3.05, 3.63) is 46.2 Å². The van der Waals surface area contributed by atoms with Crippen LogP contribution in [-0.4, -0.2) is 85.2 Å². The molecule has 0 aromatic heterocycles. The van der Waals surface area contributed by atoms with E-state index in [0.717, 1.165) is 16.7 Å². The third-order valence-electron chi connectivity index (χ3n) is 6.49. The number of carbonyl (C=O) groups is 3. The molecule has 0 unspecified atom stereocenters. The van der Waals surface area contributed by atoms with Gasteiger partial charge < -0.3 is 20.3 Å². The maximum atomic E-state index is 13.2. The van der Waals surface area contributed by atoms with Gasteiger partial charge in [-0.25, -0.2) is 14.4 Å². The molecule has 34 heavy (non-hydrogen) atoms. The van der Waals surface area contributed by atoms with Crippen molar-refractivity contribution in [2.75, 3.05) is 46.4 Å². The Morgan fingerprint density at radius 1 is 1.21 bits per heavy atom. The van der Waals surface area contributed by atoms with E-state index in [9.17, 15) is 14.4 Å². The fourth-order valence-corrected chi connectivity index (χ4v) is 4.65. The van der Waals surface area contributed by atoms with Crippen LogP contribution < -0.4 is 10.6 Å². The molecule has 9 heteroatoms. The number of aryl methyl sites for hydroxylation is 2. The number of urea groups is 2. The number of nitrogens with one attached hydrogen (secondary N) is 2. The number of rotatable bonds is 6. The lowest BCUT2D eigenvalue weighted by Crippen LogP contribution is -2.57. The van der Waals surface area contributed by atoms with Crippen molar-refractivity contribution in [3.8, 4) is 0 Å². The van der Waals surface area contributed by atoms with Gasteiger partial charge in [0.05, 0.1) is 18.2 Å². The fourth-order valence-electron chi connectivity index (χ4n) is 4.65. The highest BCUT2D eigenvalue weighted by Gasteiger charge is 2.39. The zero-order valence-corrected chi connectivity index (χ0v) is 21.1. The Kier molecular flexibility index (Phi) is 8.19. The fraction of sp³-hybridized carbons (Fsp3) is 0.560. The monoisotopic (exact) mass is 471 g/mol. The molecule has 0 bridgehead atoms. The van der Waals surface area contributed by atoms with E-state index in [2.05, 4.69) is 15.5 Å². The summed E-state index contributed by atoms with van der Waals surface area (Å²) in [6, 6.07) is 5.11. The second kappa shape index (κ2) is 10.9. The number of amides is 4. The van der Waals surface area contributed by atoms with Crippen LogP contribution in [0.3, 0.4) is 0 Å². The van der Waals surface area contributed by atoms with Crippen LogP contribution in [0.5, 0.6) is 0 Å². The Morgan fingerprint density at radius 3 is 2.59 bits per heavy atom. The van der Waals surface area contributed by atoms with Crippen molar-refractivity contribution in [1.29, 1.82) is 0 Å². The highest BCUT2D eigenvalue weighted by molar-refractivity contribution is 5.95. The molecule has 1 fully saturated rings. The third-order valence-corrected chi connectivity index (χ3v) is 6.49. The van der Waals surface area contributed by atoms with Crippen molar-refractivity contribution in [2.24, 2.45) is 0 Å². The molecular formula is C25H37N5O4. The zero-order valence-electron chi connectivity index (χ0n) is 21.1. The first-order chi connectivity index (χ1) is 16.2. The summed E-state index contributed by atoms with van der Waals surface area (Å²) in [6.07, 6.45) is 0. The molecule has 0 spiro atoms. The normalized spacial score (nSPS) is 21.4. The van der Waals surface area contributed by atoms with Crippen LogP contribution in [0.4, 0.5) is 9.59 Å². The Bertz CT molecular complexity index is 976. The summed E-state index contributed by atoms with van der Waals surface area (Å²) in [6.45, 7) is 12.8. The quantitative estimate of drug-likeness (QED) is 0.622. The average Bonchev–Trinajstić information content (AvgIpc) is 2.78. The molecule has 1 saturated heterocycles. The number of hydrogen-bond acceptors (Lipinski definition) is 5. The zero-order chi connectivity index (χ0) is 25.0. The minimum atomic E-state index is -0.591. The van der Waals surface area contributed by atoms with Crippen molar-refractivity contribution < 1.29 is 19.1 Å². The van der Waals surface area contributed by atoms with Gasteiger partial charge in [0.15, 0.2) is 0 Å². The number of nitrogens with zero attached hydrogens (tertiary/aromatic N) is 3. The van der Waals surface area contributed by atoms with Gasteiger partial charge in [0, 0.05) is 51.5 Å². The van der Waals surface area contributed by atoms with Gasteiger partial charge in [-0.05, 0) is 45.7 Å². The predicted octanol–water partition coefficient (Wildman–Crippen LogP) is 2.55. The topological polar surface area (TPSA) is 94.2 Å². The number of hydrogen-bond donors (Lipinski definition) is 2. The van der Waals surface area contributed by atoms with Crippen LogP contribution in [0.15, 0.2) is 29.5 Å². The molecule has 186 valence electrons. The first-order valence-corrected chi connectivity index (χ1v) is 12.0. The maximum absolute atomic E-state index is 13.2. The van der Waals surface area contributed by atoms with Gasteiger partial charge in [-0.2, -0.15) is 0 Å². The van der Waals surface area contributed by atoms with Gasteiger partial charge in [0.1, 0.15) is 0 Å². The highest BCUT2D eigenvalue weighted by atomic mass is 16.5. The largest absolute Gasteiger partial charge is 0.463 e. The van der Waals surface area contributed by atoms with E-state index >= 15 is 0 Å². The van der Waals surface area contributed by atoms with Crippen molar-refractivity contribution in [1.82, 2.24) is 25.3 Å². The average molecular weight is 472 g/mol. The minimum absolute atomic E-state index is 0.00415. The lowest BCUT2D eigenvalue weighted by Gasteiger charge is -2.42. The van der Waals surface area contributed by atoms with E-state index < -0.39 is 12.0 Å². The van der Waals surface area contributed by atoms with Gasteiger partial charge in [-0.1, -0.05) is 23.8 Å². The van der Waals surface area contributed by atoms with Crippen LogP contribution in [0.25, 0.3) is 0 Å². The van der Waals surface area contributed by atoms with Gasteiger partial charge in [0.25, 0.3) is 0 Å². The molecular weight excluding hydrogens is 434 g/mol. The summed E-state index contributed by atoms with van der Waals surface area (Å²) < 4.78 is 5.45. The second-order valence-electron chi connectivity index (χ2n) is 9.00. The molecule has 2 aliphatic rings. The number of likely N-dealkylation sites (N-methyl/N-ethyl adjacent to an activating group) is 1. The Morgan fingerprint density at radius 2 is 1.94 bits per heavy atom. The first kappa shape index (κ1) is 25.6. The molecule has 0 saturated carbocycles. The summed E-state index contributed by atoms with van der Waals surface area (Å²) in [5, 5.41) is 5.86. The number of benzene rings is 1. The summed E-state index contributed by atoms with van der Waals surface area (Å²) in [4.78, 5) is 44.1. The Labute approximate surface area is 202 Å². The van der Waals surface area contributed by atoms with Crippen LogP contribution in [0.1, 0.15) is 43.5 Å². The van der Waals surface area contributed by atoms with Crippen LogP contribution in [-0.2, 0) is 9.53 Å². The second-order valence-corrected chi connectivity index (χ2v) is 9.00. The van der Waals surface area contributed by atoms with Gasteiger partial charge in [-0.3, -0.25) is 9.80 Å². The molecule has 2 atom stereocenters. The van der Waals surface area contributed by atoms with E-state index in [1.807, 2.05) is 50.8 Å². The van der Waals surface area contributed by atoms with Gasteiger partial charge >= 0.3 is 18.0 Å². The number of piperazine rings is 1. The molecule has 2 heterocycles. The number of esters is 1. The van der Waals surface area contributed by atoms with Crippen molar-refractivity contribution >= 4 is 18.0 Å². The smallest absolute Gasteiger partial charge is 0.338 e. The maximum Gasteiger partial charge on any atom is 0.338 e. The summed E-state index contributed by atoms with van der Waals surface area (Å²) in [7, 11) is 1.68. The SMILES string of the molecule is CCNC(=O)N1CCN(CC2=C(C(=O)OCC)[C@H](c3cc(C)ccc3C)NC(=O)N2C)C[C@H]1C. The molecule has 0 aliphatic carbocycles. The lowest BCUT2D eigenvalue weighted by molar-refractivity contribution is -0.139. The van der Waals surface area contributed by atoms with E-state index in [1.54, 1.807) is 14.0 Å². The van der Waals surface area contributed by atoms with Crippen molar-refractivity contribution in [3.63, 3.8) is 0 Å². The Balaban J connectivity index is 1.97. The highest BCUT2D eigenvalue weighted by Crippen LogP contribution is 2.33. The standard InChI is InChI=1S/C25H37N5O4/c1-7-26-24(32)30-12-11-29(14-18(30)5)15-20-21(23(31)34-8-2)22(27-25(33)28(20)6)19-13-16(3)9-10-17(19)4/h9-10,13,18,22H,7-8,11-12,14-15H2,1-6H3,(H,26,32)(H,27,33)/t18-,22+/m1/s1. The molecule has 2 aliphatic heterocycles. The summed E-state index contributed by atoms with van der Waals surface area (Å²) in [5.41, 5.74) is 4.01. The summed E-state index contributed by atoms with van der Waals surface area (Å²) in [5.74, 6) is -0.427. The molecule has 3 rings (SSSR count). The van der Waals surface area contributed by atoms with Gasteiger partial charge in [-0.15, -0.1) is 0 Å². The van der Waals surface area contributed by atoms with Crippen LogP contribution in [0, 0.1) is 13.8 Å². The number of carbonyl (C=O) groups excluding carboxylic acids is 3. The molecule has 2 N–H and O–H groups in total. The molecule has 1 aromatic carbocycles. The molecule has 9 nitrogen and oxygen atoms in total. The summed E-state index contributed by atoms with van der Waals surface area (Å²) >= 11 is 0. The molecule has 4 amide bonds. The van der Waals surface area contributed by atoms with Crippen LogP contribution in [0.2, 0.25) is 0 Å². The van der Waals surface area contributed by atoms with E-state index in [-0.39, 0.29) is 24.7 Å². The first-order valence-electron chi connectivity index (χ1n) is 12.0. The van der Waals surface area contributed by atoms with E-state index in [1.165, 1.54) is 4.90 Å². The predicted molar refractivity (Wildman–Crippen MR) is 130 cm³/mol. The lowest BCUT2D eigenvalue weighted by atomic mass is 9.90. The van der Waals surface area contributed by atoms with Crippen molar-refractivity contribution in [2.45, 2.75) is 46.7 Å². The molecule has 1 aromatic rings.